The lowest BCUT2D eigenvalue weighted by Gasteiger charge is -2.07. The van der Waals surface area contributed by atoms with Crippen LogP contribution in [0.5, 0.6) is 5.75 Å². The minimum absolute atomic E-state index is 0.104. The molecule has 0 aliphatic carbocycles. The Morgan fingerprint density at radius 3 is 2.00 bits per heavy atom. The second-order valence-electron chi connectivity index (χ2n) is 3.84. The first-order valence-corrected chi connectivity index (χ1v) is 5.03. The van der Waals surface area contributed by atoms with Crippen LogP contribution in [-0.4, -0.2) is 5.11 Å². The number of phenols is 1. The van der Waals surface area contributed by atoms with Crippen molar-refractivity contribution in [1.29, 1.82) is 0 Å². The average Bonchev–Trinajstić information content (AvgIpc) is 2.26. The van der Waals surface area contributed by atoms with E-state index in [1.54, 1.807) is 12.1 Å². The Kier molecular flexibility index (Phi) is 2.44. The third kappa shape index (κ3) is 1.80. The topological polar surface area (TPSA) is 72.3 Å². The Balaban J connectivity index is 2.50. The second-order valence-corrected chi connectivity index (χ2v) is 3.84. The molecule has 0 aliphatic heterocycles. The third-order valence-electron chi connectivity index (χ3n) is 2.63. The summed E-state index contributed by atoms with van der Waals surface area (Å²) in [6.45, 7) is 1.95. The zero-order chi connectivity index (χ0) is 11.7. The van der Waals surface area contributed by atoms with Crippen LogP contribution in [0, 0.1) is 6.92 Å². The highest BCUT2D eigenvalue weighted by Gasteiger charge is 2.03. The summed E-state index contributed by atoms with van der Waals surface area (Å²) in [4.78, 5) is 0. The van der Waals surface area contributed by atoms with Crippen molar-refractivity contribution in [2.24, 2.45) is 0 Å². The Hall–Kier alpha value is -2.16. The molecule has 2 aromatic carbocycles. The van der Waals surface area contributed by atoms with Crippen molar-refractivity contribution in [1.82, 2.24) is 0 Å². The lowest BCUT2D eigenvalue weighted by Crippen LogP contribution is -1.90. The molecule has 0 heterocycles. The Morgan fingerprint density at radius 1 is 0.875 bits per heavy atom. The van der Waals surface area contributed by atoms with Crippen LogP contribution in [0.15, 0.2) is 36.4 Å². The summed E-state index contributed by atoms with van der Waals surface area (Å²) in [7, 11) is 0. The summed E-state index contributed by atoms with van der Waals surface area (Å²) in [5, 5.41) is 9.54. The smallest absolute Gasteiger partial charge is 0.139 e. The number of hydrogen-bond acceptors (Lipinski definition) is 3. The van der Waals surface area contributed by atoms with E-state index >= 15 is 0 Å². The molecule has 0 aromatic heterocycles. The molecule has 82 valence electrons. The van der Waals surface area contributed by atoms with E-state index in [1.165, 1.54) is 0 Å². The minimum Gasteiger partial charge on any atom is -0.506 e. The van der Waals surface area contributed by atoms with Crippen LogP contribution < -0.4 is 11.5 Å². The summed E-state index contributed by atoms with van der Waals surface area (Å²) in [6.07, 6.45) is 0. The monoisotopic (exact) mass is 214 g/mol. The average molecular weight is 214 g/mol. The molecule has 2 rings (SSSR count). The number of phenolic OH excluding ortho intramolecular Hbond substituents is 1. The van der Waals surface area contributed by atoms with Crippen LogP contribution in [0.3, 0.4) is 0 Å². The fourth-order valence-corrected chi connectivity index (χ4v) is 1.58. The zero-order valence-electron chi connectivity index (χ0n) is 9.07. The molecular formula is C13H14N2O. The van der Waals surface area contributed by atoms with Gasteiger partial charge in [-0.2, -0.15) is 0 Å². The van der Waals surface area contributed by atoms with Crippen LogP contribution in [0.2, 0.25) is 0 Å². The van der Waals surface area contributed by atoms with Crippen LogP contribution in [-0.2, 0) is 0 Å². The molecule has 0 atom stereocenters. The summed E-state index contributed by atoms with van der Waals surface area (Å²) in [6, 6.07) is 11.0. The van der Waals surface area contributed by atoms with E-state index in [-0.39, 0.29) is 5.75 Å². The van der Waals surface area contributed by atoms with Crippen LogP contribution in [0.1, 0.15) is 5.56 Å². The van der Waals surface area contributed by atoms with E-state index in [1.807, 2.05) is 31.2 Å². The Morgan fingerprint density at radius 2 is 1.44 bits per heavy atom. The quantitative estimate of drug-likeness (QED) is 0.504. The van der Waals surface area contributed by atoms with Gasteiger partial charge in [0.15, 0.2) is 0 Å². The largest absolute Gasteiger partial charge is 0.506 e. The number of nitrogen functional groups attached to an aromatic ring is 2. The predicted molar refractivity (Wildman–Crippen MR) is 67.1 cm³/mol. The molecule has 0 amide bonds. The minimum atomic E-state index is 0.104. The van der Waals surface area contributed by atoms with E-state index in [9.17, 15) is 5.11 Å². The summed E-state index contributed by atoms with van der Waals surface area (Å²) in [5.41, 5.74) is 15.4. The number of rotatable bonds is 1. The predicted octanol–water partition coefficient (Wildman–Crippen LogP) is 2.53. The molecule has 3 nitrogen and oxygen atoms in total. The van der Waals surface area contributed by atoms with Crippen molar-refractivity contribution < 1.29 is 5.11 Å². The van der Waals surface area contributed by atoms with E-state index in [2.05, 4.69) is 0 Å². The third-order valence-corrected chi connectivity index (χ3v) is 2.63. The molecule has 3 heteroatoms. The highest BCUT2D eigenvalue weighted by molar-refractivity contribution is 5.71. The second kappa shape index (κ2) is 3.77. The van der Waals surface area contributed by atoms with Gasteiger partial charge < -0.3 is 16.6 Å². The van der Waals surface area contributed by atoms with Crippen LogP contribution in [0.25, 0.3) is 11.1 Å². The highest BCUT2D eigenvalue weighted by Crippen LogP contribution is 2.29. The molecule has 0 radical (unpaired) electrons. The van der Waals surface area contributed by atoms with Crippen molar-refractivity contribution in [2.45, 2.75) is 6.92 Å². The molecule has 0 saturated carbocycles. The highest BCUT2D eigenvalue weighted by atomic mass is 16.3. The molecule has 0 saturated heterocycles. The number of hydrogen-bond donors (Lipinski definition) is 3. The molecule has 0 fully saturated rings. The molecule has 0 aliphatic rings. The first-order valence-electron chi connectivity index (χ1n) is 5.03. The zero-order valence-corrected chi connectivity index (χ0v) is 9.07. The summed E-state index contributed by atoms with van der Waals surface area (Å²) >= 11 is 0. The molecule has 0 bridgehead atoms. The maximum absolute atomic E-state index is 9.54. The lowest BCUT2D eigenvalue weighted by molar-refractivity contribution is 0.478. The Bertz CT molecular complexity index is 486. The van der Waals surface area contributed by atoms with Gasteiger partial charge in [0.25, 0.3) is 0 Å². The summed E-state index contributed by atoms with van der Waals surface area (Å²) in [5.74, 6) is 0.104. The van der Waals surface area contributed by atoms with E-state index < -0.39 is 0 Å². The molecule has 0 spiro atoms. The van der Waals surface area contributed by atoms with Crippen molar-refractivity contribution in [3.63, 3.8) is 0 Å². The first kappa shape index (κ1) is 10.4. The van der Waals surface area contributed by atoms with Crippen molar-refractivity contribution in [3.8, 4) is 16.9 Å². The molecule has 0 unspecified atom stereocenters. The fraction of sp³-hybridized carbons (Fsp3) is 0.0769. The maximum atomic E-state index is 9.54. The van der Waals surface area contributed by atoms with Crippen molar-refractivity contribution >= 4 is 11.4 Å². The SMILES string of the molecule is Cc1cc(-c2ccc(N)c(O)c2)ccc1N. The lowest BCUT2D eigenvalue weighted by atomic mass is 10.0. The number of nitrogens with two attached hydrogens (primary N) is 2. The van der Waals surface area contributed by atoms with Gasteiger partial charge in [-0.15, -0.1) is 0 Å². The molecule has 2 aromatic rings. The van der Waals surface area contributed by atoms with Crippen molar-refractivity contribution in [3.05, 3.63) is 42.0 Å². The molecular weight excluding hydrogens is 200 g/mol. The van der Waals surface area contributed by atoms with Crippen LogP contribution in [0.4, 0.5) is 11.4 Å². The van der Waals surface area contributed by atoms with E-state index in [0.717, 1.165) is 22.4 Å². The van der Waals surface area contributed by atoms with Gasteiger partial charge in [0, 0.05) is 5.69 Å². The number of aryl methyl sites for hydroxylation is 1. The van der Waals surface area contributed by atoms with Gasteiger partial charge in [0.2, 0.25) is 0 Å². The number of aromatic hydroxyl groups is 1. The van der Waals surface area contributed by atoms with Crippen molar-refractivity contribution in [2.75, 3.05) is 11.5 Å². The number of anilines is 2. The maximum Gasteiger partial charge on any atom is 0.139 e. The molecule has 16 heavy (non-hydrogen) atoms. The summed E-state index contributed by atoms with van der Waals surface area (Å²) < 4.78 is 0. The Labute approximate surface area is 94.3 Å². The van der Waals surface area contributed by atoms with Crippen LogP contribution >= 0.6 is 0 Å². The standard InChI is InChI=1S/C13H14N2O/c1-8-6-9(2-4-11(8)14)10-3-5-12(15)13(16)7-10/h2-7,16H,14-15H2,1H3. The van der Waals surface area contributed by atoms with Gasteiger partial charge in [-0.05, 0) is 47.9 Å². The van der Waals surface area contributed by atoms with Gasteiger partial charge in [-0.25, -0.2) is 0 Å². The van der Waals surface area contributed by atoms with Gasteiger partial charge in [0.05, 0.1) is 5.69 Å². The van der Waals surface area contributed by atoms with E-state index in [0.29, 0.717) is 5.69 Å². The van der Waals surface area contributed by atoms with Gasteiger partial charge in [-0.1, -0.05) is 12.1 Å². The van der Waals surface area contributed by atoms with Gasteiger partial charge >= 0.3 is 0 Å². The normalized spacial score (nSPS) is 10.3. The fourth-order valence-electron chi connectivity index (χ4n) is 1.58. The van der Waals surface area contributed by atoms with Gasteiger partial charge in [-0.3, -0.25) is 0 Å². The first-order chi connectivity index (χ1) is 7.58. The number of benzene rings is 2. The van der Waals surface area contributed by atoms with E-state index in [4.69, 9.17) is 11.5 Å². The van der Waals surface area contributed by atoms with Gasteiger partial charge in [0.1, 0.15) is 5.75 Å². The molecule has 5 N–H and O–H groups in total.